The predicted molar refractivity (Wildman–Crippen MR) is 605 cm³/mol. The number of benzene rings is 3. The molecule has 1 aliphatic rings. The van der Waals surface area contributed by atoms with Crippen LogP contribution in [-0.4, -0.2) is 53.7 Å². The van der Waals surface area contributed by atoms with Gasteiger partial charge in [0.15, 0.2) is 34.5 Å². The number of unbranched alkanes of at least 4 members (excludes halogenated alkanes) is 72. The molecule has 147 heavy (non-hydrogen) atoms. The number of fused-ring (bicyclic) bond motifs is 3. The number of carbonyl (C=O) groups excluding carboxylic acids is 9. The van der Waals surface area contributed by atoms with Gasteiger partial charge < -0.3 is 42.6 Å². The van der Waals surface area contributed by atoms with Gasteiger partial charge in [0.2, 0.25) is 17.2 Å². The second-order valence-corrected chi connectivity index (χ2v) is 43.5. The standard InChI is InChI=1S/C129H216O18/c1-10-19-28-37-46-55-64-73-82-91-115(130)139-112-103-106-100-110-108(105-114(141-117(132)93-84-75-66-57-48-39-30-21-12-3)128(146-122(137)98-89-80-71-62-53-44-35-26-17-8)125(110)143-119(134)95-86-77-68-59-50-41-32-23-14-5)102-111-107(101-109(106)124(142-118(133)94-85-76-67-58-49-40-31-22-13-4)127(112)145-121(136)97-88-79-70-61-52-43-34-25-16-7)104-113(140-116(131)92-83-74-65-56-47-38-29-20-11-2)129(147-123(138)99-90-81-72-63-54-45-36-27-18-9)126(111)144-120(135)96-87-78-69-60-51-42-33-24-15-6/h103-105H,10-102H2,1-9H3. The first-order valence-corrected chi connectivity index (χ1v) is 62.4. The molecule has 18 nitrogen and oxygen atoms in total. The molecule has 0 saturated carbocycles. The van der Waals surface area contributed by atoms with E-state index in [2.05, 4.69) is 62.3 Å². The van der Waals surface area contributed by atoms with Crippen LogP contribution in [0.2, 0.25) is 0 Å². The molecule has 0 N–H and O–H groups in total. The van der Waals surface area contributed by atoms with Crippen LogP contribution in [0.25, 0.3) is 0 Å². The van der Waals surface area contributed by atoms with Gasteiger partial charge in [-0.1, -0.05) is 525 Å². The Labute approximate surface area is 897 Å². The van der Waals surface area contributed by atoms with Crippen LogP contribution in [0, 0.1) is 0 Å². The van der Waals surface area contributed by atoms with Crippen molar-refractivity contribution in [3.8, 4) is 51.7 Å². The molecule has 0 heterocycles. The van der Waals surface area contributed by atoms with Crippen LogP contribution in [0.3, 0.4) is 0 Å². The molecule has 840 valence electrons. The highest BCUT2D eigenvalue weighted by molar-refractivity contribution is 5.86. The van der Waals surface area contributed by atoms with Crippen molar-refractivity contribution in [2.75, 3.05) is 0 Å². The monoisotopic (exact) mass is 2050 g/mol. The molecule has 0 amide bonds. The normalized spacial score (nSPS) is 11.7. The molecule has 0 fully saturated rings. The highest BCUT2D eigenvalue weighted by Gasteiger charge is 2.37. The average Bonchev–Trinajstić information content (AvgIpc) is 1.66. The van der Waals surface area contributed by atoms with E-state index in [0.717, 1.165) is 347 Å². The first-order chi connectivity index (χ1) is 72.0. The summed E-state index contributed by atoms with van der Waals surface area (Å²) in [6.45, 7) is 19.9. The molecule has 18 heteroatoms. The van der Waals surface area contributed by atoms with Gasteiger partial charge in [-0.15, -0.1) is 0 Å². The average molecular weight is 2060 g/mol. The van der Waals surface area contributed by atoms with E-state index in [9.17, 15) is 0 Å². The minimum atomic E-state index is -0.650. The van der Waals surface area contributed by atoms with E-state index in [0.29, 0.717) is 74.5 Å². The van der Waals surface area contributed by atoms with Crippen molar-refractivity contribution < 1.29 is 85.8 Å². The fourth-order valence-corrected chi connectivity index (χ4v) is 20.3. The summed E-state index contributed by atoms with van der Waals surface area (Å²) >= 11 is 0. The Morgan fingerprint density at radius 3 is 0.367 bits per heavy atom. The summed E-state index contributed by atoms with van der Waals surface area (Å²) in [4.78, 5) is 139. The van der Waals surface area contributed by atoms with Gasteiger partial charge in [0.05, 0.1) is 0 Å². The first-order valence-electron chi connectivity index (χ1n) is 62.4. The Morgan fingerprint density at radius 2 is 0.245 bits per heavy atom. The molecule has 0 aromatic heterocycles. The van der Waals surface area contributed by atoms with Gasteiger partial charge in [-0.3, -0.25) is 43.2 Å². The van der Waals surface area contributed by atoms with Crippen LogP contribution in [0.15, 0.2) is 18.2 Å². The van der Waals surface area contributed by atoms with Crippen LogP contribution in [0.4, 0.5) is 0 Å². The van der Waals surface area contributed by atoms with Crippen molar-refractivity contribution in [2.45, 2.75) is 659 Å². The third-order valence-corrected chi connectivity index (χ3v) is 29.6. The first kappa shape index (κ1) is 132. The van der Waals surface area contributed by atoms with Crippen molar-refractivity contribution in [2.24, 2.45) is 0 Å². The number of carbonyl (C=O) groups is 9. The molecule has 1 aliphatic carbocycles. The van der Waals surface area contributed by atoms with Crippen LogP contribution >= 0.6 is 0 Å². The van der Waals surface area contributed by atoms with Crippen molar-refractivity contribution >= 4 is 53.7 Å². The Hall–Kier alpha value is -7.11. The van der Waals surface area contributed by atoms with E-state index in [1.165, 1.54) is 116 Å². The lowest BCUT2D eigenvalue weighted by Gasteiger charge is -2.23. The van der Waals surface area contributed by atoms with Gasteiger partial charge in [0.25, 0.3) is 0 Å². The summed E-state index contributed by atoms with van der Waals surface area (Å²) in [5, 5.41) is 0. The van der Waals surface area contributed by atoms with Crippen molar-refractivity contribution in [3.63, 3.8) is 0 Å². The van der Waals surface area contributed by atoms with Crippen LogP contribution in [0.1, 0.15) is 674 Å². The molecule has 0 saturated heterocycles. The number of rotatable bonds is 99. The van der Waals surface area contributed by atoms with E-state index in [-0.39, 0.29) is 145 Å². The van der Waals surface area contributed by atoms with Gasteiger partial charge >= 0.3 is 53.7 Å². The van der Waals surface area contributed by atoms with Gasteiger partial charge in [0, 0.05) is 93.7 Å². The fourth-order valence-electron chi connectivity index (χ4n) is 20.3. The van der Waals surface area contributed by atoms with E-state index >= 15 is 43.2 Å². The predicted octanol–water partition coefficient (Wildman–Crippen LogP) is 39.2. The third-order valence-electron chi connectivity index (χ3n) is 29.6. The van der Waals surface area contributed by atoms with Crippen LogP contribution in [0.5, 0.6) is 51.7 Å². The molecular weight excluding hydrogens is 1840 g/mol. The Morgan fingerprint density at radius 1 is 0.143 bits per heavy atom. The molecule has 0 bridgehead atoms. The minimum absolute atomic E-state index is 0.00346. The number of esters is 9. The molecule has 4 rings (SSSR count). The summed E-state index contributed by atoms with van der Waals surface area (Å²) in [5.41, 5.74) is 1.66. The summed E-state index contributed by atoms with van der Waals surface area (Å²) < 4.78 is 61.5. The molecule has 3 aromatic rings. The highest BCUT2D eigenvalue weighted by Crippen LogP contribution is 2.53. The van der Waals surface area contributed by atoms with E-state index in [1.54, 1.807) is 18.2 Å². The largest absolute Gasteiger partial charge is 0.422 e. The third kappa shape index (κ3) is 65.1. The fraction of sp³-hybridized carbons (Fsp3) is 0.791. The van der Waals surface area contributed by atoms with E-state index < -0.39 is 53.7 Å². The Bertz CT molecular complexity index is 3540. The molecule has 0 atom stereocenters. The summed E-state index contributed by atoms with van der Waals surface area (Å²) in [6, 6.07) is 4.92. The maximum atomic E-state index is 15.7. The topological polar surface area (TPSA) is 237 Å². The lowest BCUT2D eigenvalue weighted by Crippen LogP contribution is -2.18. The Kier molecular flexibility index (Phi) is 82.3. The molecule has 0 spiro atoms. The van der Waals surface area contributed by atoms with Gasteiger partial charge in [-0.25, -0.2) is 0 Å². The van der Waals surface area contributed by atoms with E-state index in [1.807, 2.05) is 0 Å². The summed E-state index contributed by atoms with van der Waals surface area (Å²) in [5.74, 6) is -7.91. The molecule has 3 aromatic carbocycles. The summed E-state index contributed by atoms with van der Waals surface area (Å²) in [7, 11) is 0. The van der Waals surface area contributed by atoms with Crippen molar-refractivity contribution in [3.05, 3.63) is 51.6 Å². The van der Waals surface area contributed by atoms with E-state index in [4.69, 9.17) is 42.6 Å². The zero-order chi connectivity index (χ0) is 106. The Balaban J connectivity index is 2.42. The van der Waals surface area contributed by atoms with Gasteiger partial charge in [-0.05, 0) is 92.7 Å². The van der Waals surface area contributed by atoms with Gasteiger partial charge in [-0.2, -0.15) is 0 Å². The van der Waals surface area contributed by atoms with Crippen LogP contribution < -0.4 is 42.6 Å². The quantitative estimate of drug-likeness (QED) is 0.0227. The van der Waals surface area contributed by atoms with Crippen molar-refractivity contribution in [1.29, 1.82) is 0 Å². The molecular formula is C129H216O18. The molecule has 0 unspecified atom stereocenters. The number of hydrogen-bond donors (Lipinski definition) is 0. The zero-order valence-corrected chi connectivity index (χ0v) is 95.8. The maximum Gasteiger partial charge on any atom is 0.311 e. The second-order valence-electron chi connectivity index (χ2n) is 43.5. The second kappa shape index (κ2) is 91.5. The number of ether oxygens (including phenoxy) is 9. The van der Waals surface area contributed by atoms with Gasteiger partial charge in [0.1, 0.15) is 0 Å². The lowest BCUT2D eigenvalue weighted by atomic mass is 9.92. The lowest BCUT2D eigenvalue weighted by molar-refractivity contribution is -0.138. The molecule has 0 aliphatic heterocycles. The van der Waals surface area contributed by atoms with Crippen molar-refractivity contribution in [1.82, 2.24) is 0 Å². The summed E-state index contributed by atoms with van der Waals surface area (Å²) in [6.07, 6.45) is 79.3. The minimum Gasteiger partial charge on any atom is -0.422 e. The SMILES string of the molecule is CCCCCCCCCCCC(=O)Oc1cc2c(c(OC(=O)CCCCCCCCCCC)c1OC(=O)CCCCCCCCCCC)Cc1cc(OC(=O)CCCCCCCCCCC)c(OC(=O)CCCCCCCCCCC)c(OC(=O)CCCCCCCCCCC)c1Cc1cc(OC(=O)CCCCCCCCCCC)c(OC(=O)CCCCCCCCCCC)c(OC(=O)CCCCCCCCCCC)c1C2. The number of hydrogen-bond acceptors (Lipinski definition) is 18. The van der Waals surface area contributed by atoms with Crippen LogP contribution in [-0.2, 0) is 62.4 Å². The zero-order valence-electron chi connectivity index (χ0n) is 95.8. The smallest absolute Gasteiger partial charge is 0.311 e. The highest BCUT2D eigenvalue weighted by atomic mass is 16.6. The maximum absolute atomic E-state index is 15.7. The molecule has 0 radical (unpaired) electrons.